The Labute approximate surface area is 128 Å². The number of likely N-dealkylation sites (N-methyl/N-ethyl adjacent to an activating group) is 1. The van der Waals surface area contributed by atoms with E-state index in [2.05, 4.69) is 4.90 Å². The van der Waals surface area contributed by atoms with Crippen molar-refractivity contribution in [1.29, 1.82) is 0 Å². The van der Waals surface area contributed by atoms with Crippen LogP contribution in [0.2, 0.25) is 0 Å². The van der Waals surface area contributed by atoms with E-state index in [0.717, 1.165) is 19.4 Å². The van der Waals surface area contributed by atoms with Gasteiger partial charge < -0.3 is 10.0 Å². The number of halogens is 3. The molecule has 0 bridgehead atoms. The summed E-state index contributed by atoms with van der Waals surface area (Å²) < 4.78 is 36.6. The van der Waals surface area contributed by atoms with Crippen molar-refractivity contribution >= 4 is 5.91 Å². The van der Waals surface area contributed by atoms with Gasteiger partial charge in [-0.3, -0.25) is 14.6 Å². The fourth-order valence-corrected chi connectivity index (χ4v) is 3.21. The smallest absolute Gasteiger partial charge is 0.391 e. The number of amides is 1. The van der Waals surface area contributed by atoms with Crippen LogP contribution in [0.5, 0.6) is 0 Å². The first-order chi connectivity index (χ1) is 10.3. The van der Waals surface area contributed by atoms with Gasteiger partial charge in [-0.1, -0.05) is 0 Å². The average molecular weight is 323 g/mol. The van der Waals surface area contributed by atoms with E-state index < -0.39 is 18.7 Å². The number of aliphatic hydroxyl groups excluding tert-OH is 1. The highest BCUT2D eigenvalue weighted by Gasteiger charge is 2.34. The first-order valence-corrected chi connectivity index (χ1v) is 7.72. The van der Waals surface area contributed by atoms with E-state index in [9.17, 15) is 23.1 Å². The Balaban J connectivity index is 1.74. The Morgan fingerprint density at radius 1 is 1.23 bits per heavy atom. The van der Waals surface area contributed by atoms with E-state index in [-0.39, 0.29) is 18.5 Å². The third-order valence-corrected chi connectivity index (χ3v) is 4.43. The largest absolute Gasteiger partial charge is 0.391 e. The molecule has 2 aliphatic rings. The summed E-state index contributed by atoms with van der Waals surface area (Å²) in [5.41, 5.74) is 0. The number of aliphatic hydroxyl groups is 1. The standard InChI is InChI=1S/C14H24F3N3O2/c1-18-4-2-3-12(18)13(22)20-7-5-19(6-8-20)10-11(21)9-14(15,16)17/h11-12,21H,2-10H2,1H3/t11-,12-/m0/s1. The lowest BCUT2D eigenvalue weighted by molar-refractivity contribution is -0.155. The van der Waals surface area contributed by atoms with Crippen LogP contribution in [0.4, 0.5) is 13.2 Å². The normalized spacial score (nSPS) is 26.4. The van der Waals surface area contributed by atoms with Gasteiger partial charge in [0.15, 0.2) is 0 Å². The average Bonchev–Trinajstić information content (AvgIpc) is 2.83. The Bertz CT molecular complexity index is 384. The summed E-state index contributed by atoms with van der Waals surface area (Å²) >= 11 is 0. The van der Waals surface area contributed by atoms with Gasteiger partial charge in [0, 0.05) is 32.7 Å². The van der Waals surface area contributed by atoms with Crippen molar-refractivity contribution in [3.63, 3.8) is 0 Å². The Morgan fingerprint density at radius 2 is 1.86 bits per heavy atom. The Kier molecular flexibility index (Phi) is 5.68. The van der Waals surface area contributed by atoms with E-state index in [4.69, 9.17) is 0 Å². The number of β-amino-alcohol motifs (C(OH)–C–C–N with tert-alkyl or cyclic N) is 1. The molecule has 128 valence electrons. The summed E-state index contributed by atoms with van der Waals surface area (Å²) in [7, 11) is 1.94. The van der Waals surface area contributed by atoms with Gasteiger partial charge in [-0.15, -0.1) is 0 Å². The molecule has 2 rings (SSSR count). The number of likely N-dealkylation sites (tertiary alicyclic amines) is 1. The summed E-state index contributed by atoms with van der Waals surface area (Å²) in [6.07, 6.45) is -5.03. The first-order valence-electron chi connectivity index (χ1n) is 7.72. The molecule has 1 N–H and O–H groups in total. The number of piperazine rings is 1. The number of hydrogen-bond donors (Lipinski definition) is 1. The fourth-order valence-electron chi connectivity index (χ4n) is 3.21. The van der Waals surface area contributed by atoms with Crippen molar-refractivity contribution in [3.8, 4) is 0 Å². The van der Waals surface area contributed by atoms with Crippen LogP contribution in [-0.4, -0.2) is 90.4 Å². The maximum absolute atomic E-state index is 12.4. The van der Waals surface area contributed by atoms with E-state index in [1.54, 1.807) is 9.80 Å². The lowest BCUT2D eigenvalue weighted by atomic mass is 10.1. The van der Waals surface area contributed by atoms with Gasteiger partial charge in [0.2, 0.25) is 5.91 Å². The van der Waals surface area contributed by atoms with E-state index in [1.807, 2.05) is 7.05 Å². The molecule has 1 amide bonds. The van der Waals surface area contributed by atoms with E-state index in [1.165, 1.54) is 0 Å². The minimum absolute atomic E-state index is 0.00483. The second-order valence-electron chi connectivity index (χ2n) is 6.24. The van der Waals surface area contributed by atoms with Crippen molar-refractivity contribution in [2.45, 2.75) is 37.6 Å². The monoisotopic (exact) mass is 323 g/mol. The van der Waals surface area contributed by atoms with Crippen LogP contribution in [0, 0.1) is 0 Å². The quantitative estimate of drug-likeness (QED) is 0.820. The molecule has 0 aliphatic carbocycles. The van der Waals surface area contributed by atoms with Crippen molar-refractivity contribution in [1.82, 2.24) is 14.7 Å². The molecule has 0 saturated carbocycles. The molecule has 2 aliphatic heterocycles. The summed E-state index contributed by atoms with van der Waals surface area (Å²) in [6.45, 7) is 2.99. The van der Waals surface area contributed by atoms with Gasteiger partial charge in [-0.25, -0.2) is 0 Å². The molecule has 2 saturated heterocycles. The van der Waals surface area contributed by atoms with Gasteiger partial charge in [-0.05, 0) is 26.4 Å². The number of carbonyl (C=O) groups is 1. The molecule has 22 heavy (non-hydrogen) atoms. The van der Waals surface area contributed by atoms with Crippen molar-refractivity contribution in [2.24, 2.45) is 0 Å². The van der Waals surface area contributed by atoms with Gasteiger partial charge in [0.25, 0.3) is 0 Å². The molecular formula is C14H24F3N3O2. The van der Waals surface area contributed by atoms with Gasteiger partial charge in [0.05, 0.1) is 18.6 Å². The number of alkyl halides is 3. The highest BCUT2D eigenvalue weighted by atomic mass is 19.4. The van der Waals surface area contributed by atoms with Crippen LogP contribution in [0.1, 0.15) is 19.3 Å². The summed E-state index contributed by atoms with van der Waals surface area (Å²) in [4.78, 5) is 18.0. The molecular weight excluding hydrogens is 299 g/mol. The maximum Gasteiger partial charge on any atom is 0.391 e. The molecule has 0 spiro atoms. The van der Waals surface area contributed by atoms with Crippen LogP contribution >= 0.6 is 0 Å². The molecule has 2 fully saturated rings. The molecule has 0 aromatic rings. The predicted octanol–water partition coefficient (Wildman–Crippen LogP) is 0.538. The van der Waals surface area contributed by atoms with Crippen molar-refractivity contribution in [3.05, 3.63) is 0 Å². The molecule has 0 radical (unpaired) electrons. The molecule has 0 aromatic carbocycles. The Hall–Kier alpha value is -0.860. The van der Waals surface area contributed by atoms with Crippen LogP contribution < -0.4 is 0 Å². The van der Waals surface area contributed by atoms with Crippen molar-refractivity contribution < 1.29 is 23.1 Å². The van der Waals surface area contributed by atoms with E-state index in [0.29, 0.717) is 26.2 Å². The second kappa shape index (κ2) is 7.14. The maximum atomic E-state index is 12.4. The zero-order chi connectivity index (χ0) is 16.3. The highest BCUT2D eigenvalue weighted by Crippen LogP contribution is 2.22. The van der Waals surface area contributed by atoms with E-state index >= 15 is 0 Å². The third kappa shape index (κ3) is 4.82. The first kappa shape index (κ1) is 17.5. The van der Waals surface area contributed by atoms with Crippen LogP contribution in [0.3, 0.4) is 0 Å². The topological polar surface area (TPSA) is 47.0 Å². The van der Waals surface area contributed by atoms with Crippen molar-refractivity contribution in [2.75, 3.05) is 46.3 Å². The van der Waals surface area contributed by atoms with Gasteiger partial charge in [0.1, 0.15) is 0 Å². The van der Waals surface area contributed by atoms with Crippen LogP contribution in [0.25, 0.3) is 0 Å². The highest BCUT2D eigenvalue weighted by molar-refractivity contribution is 5.82. The number of rotatable bonds is 4. The summed E-state index contributed by atoms with van der Waals surface area (Å²) in [5, 5.41) is 9.47. The minimum atomic E-state index is -4.34. The lowest BCUT2D eigenvalue weighted by Gasteiger charge is -2.37. The predicted molar refractivity (Wildman–Crippen MR) is 75.4 cm³/mol. The lowest BCUT2D eigenvalue weighted by Crippen LogP contribution is -2.54. The third-order valence-electron chi connectivity index (χ3n) is 4.43. The summed E-state index contributed by atoms with van der Waals surface area (Å²) in [6, 6.07) is -0.0534. The molecule has 2 atom stereocenters. The second-order valence-corrected chi connectivity index (χ2v) is 6.24. The number of carbonyl (C=O) groups excluding carboxylic acids is 1. The SMILES string of the molecule is CN1CCC[C@H]1C(=O)N1CCN(C[C@@H](O)CC(F)(F)F)CC1. The zero-order valence-corrected chi connectivity index (χ0v) is 12.8. The molecule has 2 heterocycles. The molecule has 0 aromatic heterocycles. The summed E-state index contributed by atoms with van der Waals surface area (Å²) in [5.74, 6) is 0.121. The number of hydrogen-bond acceptors (Lipinski definition) is 4. The minimum Gasteiger partial charge on any atom is -0.391 e. The molecule has 5 nitrogen and oxygen atoms in total. The fraction of sp³-hybridized carbons (Fsp3) is 0.929. The molecule has 0 unspecified atom stereocenters. The van der Waals surface area contributed by atoms with Crippen LogP contribution in [-0.2, 0) is 4.79 Å². The van der Waals surface area contributed by atoms with Gasteiger partial charge in [-0.2, -0.15) is 13.2 Å². The number of nitrogens with zero attached hydrogens (tertiary/aromatic N) is 3. The Morgan fingerprint density at radius 3 is 2.36 bits per heavy atom. The van der Waals surface area contributed by atoms with Crippen LogP contribution in [0.15, 0.2) is 0 Å². The zero-order valence-electron chi connectivity index (χ0n) is 12.8. The van der Waals surface area contributed by atoms with Gasteiger partial charge >= 0.3 is 6.18 Å². The molecule has 8 heteroatoms.